The minimum Gasteiger partial charge on any atom is -0.497 e. The van der Waals surface area contributed by atoms with Crippen LogP contribution in [0.1, 0.15) is 42.0 Å². The molecule has 0 spiro atoms. The van der Waals surface area contributed by atoms with E-state index in [-0.39, 0.29) is 11.9 Å². The molecule has 1 fully saturated rings. The fourth-order valence-electron chi connectivity index (χ4n) is 3.68. The molecule has 0 unspecified atom stereocenters. The maximum absolute atomic E-state index is 12.5. The van der Waals surface area contributed by atoms with E-state index in [0.29, 0.717) is 13.0 Å². The SMILES string of the molecule is COc1ccc(CC(=O)NC[C@H](c2ccc(C)cc2)N2CCCCC2)cc1. The Kier molecular flexibility index (Phi) is 6.88. The zero-order valence-electron chi connectivity index (χ0n) is 16.4. The second-order valence-corrected chi connectivity index (χ2v) is 7.35. The number of amides is 1. The normalized spacial score (nSPS) is 15.9. The monoisotopic (exact) mass is 366 g/mol. The van der Waals surface area contributed by atoms with Crippen LogP contribution >= 0.6 is 0 Å². The topological polar surface area (TPSA) is 41.6 Å². The highest BCUT2D eigenvalue weighted by atomic mass is 16.5. The van der Waals surface area contributed by atoms with Gasteiger partial charge in [-0.25, -0.2) is 0 Å². The summed E-state index contributed by atoms with van der Waals surface area (Å²) in [5.41, 5.74) is 3.55. The van der Waals surface area contributed by atoms with Crippen LogP contribution in [0.2, 0.25) is 0 Å². The lowest BCUT2D eigenvalue weighted by Gasteiger charge is -2.35. The summed E-state index contributed by atoms with van der Waals surface area (Å²) in [6.07, 6.45) is 4.18. The molecule has 1 amide bonds. The molecule has 2 aromatic carbocycles. The Morgan fingerprint density at radius 2 is 1.70 bits per heavy atom. The van der Waals surface area contributed by atoms with Crippen molar-refractivity contribution in [3.8, 4) is 5.75 Å². The van der Waals surface area contributed by atoms with E-state index in [4.69, 9.17) is 4.74 Å². The van der Waals surface area contributed by atoms with Gasteiger partial charge >= 0.3 is 0 Å². The van der Waals surface area contributed by atoms with Crippen LogP contribution in [0.3, 0.4) is 0 Å². The Morgan fingerprint density at radius 3 is 2.33 bits per heavy atom. The Labute approximate surface area is 162 Å². The molecule has 0 radical (unpaired) electrons. The number of hydrogen-bond acceptors (Lipinski definition) is 3. The fraction of sp³-hybridized carbons (Fsp3) is 0.435. The molecule has 0 aromatic heterocycles. The summed E-state index contributed by atoms with van der Waals surface area (Å²) in [5.74, 6) is 0.873. The molecule has 27 heavy (non-hydrogen) atoms. The van der Waals surface area contributed by atoms with Crippen LogP contribution in [0.4, 0.5) is 0 Å². The lowest BCUT2D eigenvalue weighted by Crippen LogP contribution is -2.41. The Hall–Kier alpha value is -2.33. The molecule has 1 heterocycles. The smallest absolute Gasteiger partial charge is 0.224 e. The Bertz CT molecular complexity index is 719. The fourth-order valence-corrected chi connectivity index (χ4v) is 3.68. The van der Waals surface area contributed by atoms with Gasteiger partial charge in [-0.1, -0.05) is 48.4 Å². The molecular weight excluding hydrogens is 336 g/mol. The molecule has 1 aliphatic heterocycles. The Morgan fingerprint density at radius 1 is 1.04 bits per heavy atom. The zero-order valence-corrected chi connectivity index (χ0v) is 16.4. The summed E-state index contributed by atoms with van der Waals surface area (Å²) >= 11 is 0. The van der Waals surface area contributed by atoms with E-state index < -0.39 is 0 Å². The van der Waals surface area contributed by atoms with Crippen molar-refractivity contribution in [2.75, 3.05) is 26.7 Å². The van der Waals surface area contributed by atoms with E-state index in [1.807, 2.05) is 24.3 Å². The van der Waals surface area contributed by atoms with Gasteiger partial charge in [-0.2, -0.15) is 0 Å². The third-order valence-corrected chi connectivity index (χ3v) is 5.31. The molecule has 2 aromatic rings. The van der Waals surface area contributed by atoms with Crippen LogP contribution in [-0.2, 0) is 11.2 Å². The first-order valence-electron chi connectivity index (χ1n) is 9.86. The van der Waals surface area contributed by atoms with Crippen molar-refractivity contribution in [1.82, 2.24) is 10.2 Å². The highest BCUT2D eigenvalue weighted by Gasteiger charge is 2.22. The van der Waals surface area contributed by atoms with Crippen molar-refractivity contribution in [2.24, 2.45) is 0 Å². The molecule has 0 saturated carbocycles. The third-order valence-electron chi connectivity index (χ3n) is 5.31. The molecule has 144 valence electrons. The maximum atomic E-state index is 12.5. The number of benzene rings is 2. The van der Waals surface area contributed by atoms with Crippen LogP contribution in [-0.4, -0.2) is 37.6 Å². The van der Waals surface area contributed by atoms with Gasteiger partial charge in [0.2, 0.25) is 5.91 Å². The first-order valence-corrected chi connectivity index (χ1v) is 9.86. The van der Waals surface area contributed by atoms with Gasteiger partial charge in [0, 0.05) is 6.54 Å². The molecule has 0 aliphatic carbocycles. The highest BCUT2D eigenvalue weighted by Crippen LogP contribution is 2.24. The van der Waals surface area contributed by atoms with Crippen molar-refractivity contribution in [2.45, 2.75) is 38.6 Å². The van der Waals surface area contributed by atoms with Crippen molar-refractivity contribution in [3.05, 3.63) is 65.2 Å². The molecular formula is C23H30N2O2. The van der Waals surface area contributed by atoms with Crippen molar-refractivity contribution >= 4 is 5.91 Å². The maximum Gasteiger partial charge on any atom is 0.224 e. The van der Waals surface area contributed by atoms with Gasteiger partial charge in [0.05, 0.1) is 19.6 Å². The van der Waals surface area contributed by atoms with Crippen molar-refractivity contribution in [3.63, 3.8) is 0 Å². The zero-order chi connectivity index (χ0) is 19.1. The van der Waals surface area contributed by atoms with E-state index in [0.717, 1.165) is 24.4 Å². The molecule has 3 rings (SSSR count). The second kappa shape index (κ2) is 9.56. The quantitative estimate of drug-likeness (QED) is 0.808. The number of ether oxygens (including phenoxy) is 1. The largest absolute Gasteiger partial charge is 0.497 e. The number of hydrogen-bond donors (Lipinski definition) is 1. The van der Waals surface area contributed by atoms with Gasteiger partial charge in [0.1, 0.15) is 5.75 Å². The minimum atomic E-state index is 0.0642. The predicted octanol–water partition coefficient (Wildman–Crippen LogP) is 3.89. The van der Waals surface area contributed by atoms with Gasteiger partial charge in [-0.05, 0) is 56.1 Å². The van der Waals surface area contributed by atoms with Crippen LogP contribution < -0.4 is 10.1 Å². The first-order chi connectivity index (χ1) is 13.2. The molecule has 1 N–H and O–H groups in total. The van der Waals surface area contributed by atoms with E-state index in [1.54, 1.807) is 7.11 Å². The van der Waals surface area contributed by atoms with Gasteiger partial charge in [0.25, 0.3) is 0 Å². The number of likely N-dealkylation sites (tertiary alicyclic amines) is 1. The number of carbonyl (C=O) groups is 1. The number of aryl methyl sites for hydroxylation is 1. The summed E-state index contributed by atoms with van der Waals surface area (Å²) in [5, 5.41) is 3.16. The van der Waals surface area contributed by atoms with Crippen LogP contribution in [0.5, 0.6) is 5.75 Å². The second-order valence-electron chi connectivity index (χ2n) is 7.35. The summed E-state index contributed by atoms with van der Waals surface area (Å²) in [6.45, 7) is 4.97. The standard InChI is InChI=1S/C23H30N2O2/c1-18-6-10-20(11-7-18)22(25-14-4-3-5-15-25)17-24-23(26)16-19-8-12-21(27-2)13-9-19/h6-13,22H,3-5,14-17H2,1-2H3,(H,24,26)/t22-/m1/s1. The number of methoxy groups -OCH3 is 1. The third kappa shape index (κ3) is 5.57. The predicted molar refractivity (Wildman–Crippen MR) is 109 cm³/mol. The minimum absolute atomic E-state index is 0.0642. The summed E-state index contributed by atoms with van der Waals surface area (Å²) < 4.78 is 5.17. The van der Waals surface area contributed by atoms with E-state index in [1.165, 1.54) is 30.4 Å². The van der Waals surface area contributed by atoms with Crippen LogP contribution in [0, 0.1) is 6.92 Å². The lowest BCUT2D eigenvalue weighted by molar-refractivity contribution is -0.120. The molecule has 4 heteroatoms. The number of piperidine rings is 1. The van der Waals surface area contributed by atoms with Gasteiger partial charge in [-0.15, -0.1) is 0 Å². The van der Waals surface area contributed by atoms with Gasteiger partial charge < -0.3 is 10.1 Å². The molecule has 4 nitrogen and oxygen atoms in total. The van der Waals surface area contributed by atoms with Crippen LogP contribution in [0.25, 0.3) is 0 Å². The van der Waals surface area contributed by atoms with Crippen molar-refractivity contribution in [1.29, 1.82) is 0 Å². The molecule has 1 atom stereocenters. The lowest BCUT2D eigenvalue weighted by atomic mass is 10.0. The van der Waals surface area contributed by atoms with Gasteiger partial charge in [-0.3, -0.25) is 9.69 Å². The number of nitrogens with one attached hydrogen (secondary N) is 1. The van der Waals surface area contributed by atoms with Gasteiger partial charge in [0.15, 0.2) is 0 Å². The van der Waals surface area contributed by atoms with E-state index in [9.17, 15) is 4.79 Å². The summed E-state index contributed by atoms with van der Waals surface area (Å²) in [4.78, 5) is 15.0. The van der Waals surface area contributed by atoms with Crippen molar-refractivity contribution < 1.29 is 9.53 Å². The summed E-state index contributed by atoms with van der Waals surface area (Å²) in [6, 6.07) is 16.6. The van der Waals surface area contributed by atoms with Crippen LogP contribution in [0.15, 0.2) is 48.5 Å². The highest BCUT2D eigenvalue weighted by molar-refractivity contribution is 5.78. The number of nitrogens with zero attached hydrogens (tertiary/aromatic N) is 1. The molecule has 0 bridgehead atoms. The van der Waals surface area contributed by atoms with E-state index in [2.05, 4.69) is 41.4 Å². The molecule has 1 aliphatic rings. The summed E-state index contributed by atoms with van der Waals surface area (Å²) in [7, 11) is 1.65. The average Bonchev–Trinajstić information content (AvgIpc) is 2.71. The Balaban J connectivity index is 1.62. The average molecular weight is 367 g/mol. The number of carbonyl (C=O) groups excluding carboxylic acids is 1. The number of rotatable bonds is 7. The van der Waals surface area contributed by atoms with E-state index >= 15 is 0 Å². The molecule has 1 saturated heterocycles. The first kappa shape index (κ1) is 19.4.